The van der Waals surface area contributed by atoms with Gasteiger partial charge in [-0.2, -0.15) is 0 Å². The Balaban J connectivity index is 2.01. The minimum Gasteiger partial charge on any atom is -0.331 e. The highest BCUT2D eigenvalue weighted by Gasteiger charge is 2.11. The van der Waals surface area contributed by atoms with Gasteiger partial charge in [0.15, 0.2) is 0 Å². The minimum absolute atomic E-state index is 0.355. The molecule has 0 saturated carbocycles. The zero-order valence-corrected chi connectivity index (χ0v) is 14.0. The Bertz CT molecular complexity index is 823. The van der Waals surface area contributed by atoms with Gasteiger partial charge in [-0.1, -0.05) is 12.1 Å². The molecule has 24 heavy (non-hydrogen) atoms. The number of hydrogen-bond donors (Lipinski definition) is 3. The Morgan fingerprint density at radius 1 is 1.08 bits per heavy atom. The normalized spacial score (nSPS) is 12.3. The van der Waals surface area contributed by atoms with E-state index in [0.717, 1.165) is 11.8 Å². The standard InChI is InChI=1S/C16H18FN3O3S/c1-11(12-4-3-5-15(10-12)20-24(2,22)23)18-16(21)19-14-8-6-13(17)7-9-14/h3-11,20H,1-2H3,(H2,18,19,21)/t11-/m1/s1. The van der Waals surface area contributed by atoms with Gasteiger partial charge in [0.2, 0.25) is 10.0 Å². The van der Waals surface area contributed by atoms with Crippen molar-refractivity contribution in [1.29, 1.82) is 0 Å². The van der Waals surface area contributed by atoms with Crippen LogP contribution in [0.3, 0.4) is 0 Å². The van der Waals surface area contributed by atoms with Gasteiger partial charge >= 0.3 is 6.03 Å². The van der Waals surface area contributed by atoms with Gasteiger partial charge in [-0.05, 0) is 48.9 Å². The number of sulfonamides is 1. The molecule has 0 unspecified atom stereocenters. The van der Waals surface area contributed by atoms with Crippen LogP contribution in [0.15, 0.2) is 48.5 Å². The molecule has 6 nitrogen and oxygen atoms in total. The predicted octanol–water partition coefficient (Wildman–Crippen LogP) is 3.08. The topological polar surface area (TPSA) is 87.3 Å². The molecule has 0 bridgehead atoms. The number of anilines is 2. The lowest BCUT2D eigenvalue weighted by Crippen LogP contribution is -2.31. The van der Waals surface area contributed by atoms with Crippen LogP contribution in [0.2, 0.25) is 0 Å². The zero-order chi connectivity index (χ0) is 17.7. The number of nitrogens with one attached hydrogen (secondary N) is 3. The number of rotatable bonds is 5. The highest BCUT2D eigenvalue weighted by atomic mass is 32.2. The third-order valence-corrected chi connectivity index (χ3v) is 3.75. The number of carbonyl (C=O) groups excluding carboxylic acids is 1. The molecule has 2 rings (SSSR count). The van der Waals surface area contributed by atoms with E-state index >= 15 is 0 Å². The molecule has 0 aromatic heterocycles. The number of hydrogen-bond acceptors (Lipinski definition) is 3. The van der Waals surface area contributed by atoms with E-state index in [1.807, 2.05) is 0 Å². The van der Waals surface area contributed by atoms with Gasteiger partial charge in [-0.25, -0.2) is 17.6 Å². The smallest absolute Gasteiger partial charge is 0.319 e. The first kappa shape index (κ1) is 17.7. The SMILES string of the molecule is C[C@@H](NC(=O)Nc1ccc(F)cc1)c1cccc(NS(C)(=O)=O)c1. The predicted molar refractivity (Wildman–Crippen MR) is 91.9 cm³/mol. The first-order valence-electron chi connectivity index (χ1n) is 7.14. The average molecular weight is 351 g/mol. The van der Waals surface area contributed by atoms with E-state index < -0.39 is 16.1 Å². The fourth-order valence-corrected chi connectivity index (χ4v) is 2.62. The number of urea groups is 1. The van der Waals surface area contributed by atoms with Crippen molar-refractivity contribution in [3.63, 3.8) is 0 Å². The van der Waals surface area contributed by atoms with Crippen LogP contribution in [0, 0.1) is 5.82 Å². The van der Waals surface area contributed by atoms with Crippen LogP contribution in [0.5, 0.6) is 0 Å². The molecule has 0 radical (unpaired) electrons. The van der Waals surface area contributed by atoms with E-state index in [9.17, 15) is 17.6 Å². The summed E-state index contributed by atoms with van der Waals surface area (Å²) in [6.07, 6.45) is 1.07. The van der Waals surface area contributed by atoms with E-state index in [2.05, 4.69) is 15.4 Å². The van der Waals surface area contributed by atoms with Crippen LogP contribution < -0.4 is 15.4 Å². The van der Waals surface area contributed by atoms with Crippen molar-refractivity contribution in [2.75, 3.05) is 16.3 Å². The Morgan fingerprint density at radius 3 is 2.38 bits per heavy atom. The van der Waals surface area contributed by atoms with E-state index in [0.29, 0.717) is 11.4 Å². The van der Waals surface area contributed by atoms with E-state index in [4.69, 9.17) is 0 Å². The van der Waals surface area contributed by atoms with Gasteiger partial charge in [-0.3, -0.25) is 4.72 Å². The summed E-state index contributed by atoms with van der Waals surface area (Å²) in [5.41, 5.74) is 1.62. The molecular weight excluding hydrogens is 333 g/mol. The molecule has 0 fully saturated rings. The molecule has 8 heteroatoms. The summed E-state index contributed by atoms with van der Waals surface area (Å²) in [7, 11) is -3.37. The summed E-state index contributed by atoms with van der Waals surface area (Å²) >= 11 is 0. The lowest BCUT2D eigenvalue weighted by Gasteiger charge is -2.16. The molecule has 0 spiro atoms. The second-order valence-electron chi connectivity index (χ2n) is 5.33. The third kappa shape index (κ3) is 5.54. The summed E-state index contributed by atoms with van der Waals surface area (Å²) in [6, 6.07) is 11.3. The second kappa shape index (κ2) is 7.31. The molecule has 2 aromatic rings. The highest BCUT2D eigenvalue weighted by Crippen LogP contribution is 2.18. The molecule has 0 aliphatic rings. The second-order valence-corrected chi connectivity index (χ2v) is 7.08. The van der Waals surface area contributed by atoms with E-state index in [1.54, 1.807) is 31.2 Å². The summed E-state index contributed by atoms with van der Waals surface area (Å²) in [6.45, 7) is 1.77. The van der Waals surface area contributed by atoms with Crippen molar-refractivity contribution in [1.82, 2.24) is 5.32 Å². The molecular formula is C16H18FN3O3S. The molecule has 1 atom stereocenters. The van der Waals surface area contributed by atoms with Crippen LogP contribution in [-0.2, 0) is 10.0 Å². The maximum Gasteiger partial charge on any atom is 0.319 e. The number of halogens is 1. The molecule has 0 heterocycles. The van der Waals surface area contributed by atoms with Crippen molar-refractivity contribution in [2.24, 2.45) is 0 Å². The lowest BCUT2D eigenvalue weighted by atomic mass is 10.1. The first-order chi connectivity index (χ1) is 11.2. The zero-order valence-electron chi connectivity index (χ0n) is 13.2. The van der Waals surface area contributed by atoms with Crippen LogP contribution >= 0.6 is 0 Å². The van der Waals surface area contributed by atoms with Gasteiger partial charge in [0, 0.05) is 11.4 Å². The Labute approximate surface area is 140 Å². The van der Waals surface area contributed by atoms with Crippen LogP contribution in [-0.4, -0.2) is 20.7 Å². The number of benzene rings is 2. The quantitative estimate of drug-likeness (QED) is 0.773. The minimum atomic E-state index is -3.37. The van der Waals surface area contributed by atoms with Crippen LogP contribution in [0.25, 0.3) is 0 Å². The fourth-order valence-electron chi connectivity index (χ4n) is 2.07. The van der Waals surface area contributed by atoms with Gasteiger partial charge in [0.05, 0.1) is 12.3 Å². The number of amides is 2. The highest BCUT2D eigenvalue weighted by molar-refractivity contribution is 7.92. The molecule has 3 N–H and O–H groups in total. The molecule has 2 aromatic carbocycles. The Hall–Kier alpha value is -2.61. The van der Waals surface area contributed by atoms with Crippen molar-refractivity contribution in [3.8, 4) is 0 Å². The van der Waals surface area contributed by atoms with Gasteiger partial charge in [0.1, 0.15) is 5.82 Å². The van der Waals surface area contributed by atoms with Crippen LogP contribution in [0.1, 0.15) is 18.5 Å². The lowest BCUT2D eigenvalue weighted by molar-refractivity contribution is 0.249. The maximum absolute atomic E-state index is 12.8. The van der Waals surface area contributed by atoms with E-state index in [1.165, 1.54) is 24.3 Å². The average Bonchev–Trinajstić information content (AvgIpc) is 2.48. The molecule has 0 aliphatic carbocycles. The van der Waals surface area contributed by atoms with Crippen molar-refractivity contribution in [3.05, 3.63) is 59.9 Å². The van der Waals surface area contributed by atoms with Crippen LogP contribution in [0.4, 0.5) is 20.6 Å². The molecule has 0 saturated heterocycles. The number of carbonyl (C=O) groups is 1. The third-order valence-electron chi connectivity index (χ3n) is 3.14. The van der Waals surface area contributed by atoms with Gasteiger partial charge < -0.3 is 10.6 Å². The summed E-state index contributed by atoms with van der Waals surface area (Å²) in [5, 5.41) is 5.32. The molecule has 2 amide bonds. The first-order valence-corrected chi connectivity index (χ1v) is 9.03. The summed E-state index contributed by atoms with van der Waals surface area (Å²) in [5.74, 6) is -0.385. The Kier molecular flexibility index (Phi) is 5.40. The van der Waals surface area contributed by atoms with Crippen molar-refractivity contribution in [2.45, 2.75) is 13.0 Å². The monoisotopic (exact) mass is 351 g/mol. The molecule has 128 valence electrons. The van der Waals surface area contributed by atoms with Crippen molar-refractivity contribution < 1.29 is 17.6 Å². The molecule has 0 aliphatic heterocycles. The van der Waals surface area contributed by atoms with E-state index in [-0.39, 0.29) is 11.9 Å². The fraction of sp³-hybridized carbons (Fsp3) is 0.188. The summed E-state index contributed by atoms with van der Waals surface area (Å²) < 4.78 is 37.8. The van der Waals surface area contributed by atoms with Gasteiger partial charge in [0.25, 0.3) is 0 Å². The Morgan fingerprint density at radius 2 is 1.75 bits per heavy atom. The van der Waals surface area contributed by atoms with Gasteiger partial charge in [-0.15, -0.1) is 0 Å². The summed E-state index contributed by atoms with van der Waals surface area (Å²) in [4.78, 5) is 12.0. The largest absolute Gasteiger partial charge is 0.331 e. The maximum atomic E-state index is 12.8. The van der Waals surface area contributed by atoms with Crippen molar-refractivity contribution >= 4 is 27.4 Å².